The molecule has 6 nitrogen and oxygen atoms in total. The van der Waals surface area contributed by atoms with Crippen molar-refractivity contribution in [2.45, 2.75) is 19.8 Å². The molecule has 2 amide bonds. The number of likely N-dealkylation sites (tertiary alicyclic amines) is 1. The van der Waals surface area contributed by atoms with E-state index in [0.29, 0.717) is 18.6 Å². The van der Waals surface area contributed by atoms with Gasteiger partial charge in [0.05, 0.1) is 12.1 Å². The normalized spacial score (nSPS) is 16.1. The Labute approximate surface area is 122 Å². The smallest absolute Gasteiger partial charge is 0.335 e. The first-order valence-electron chi connectivity index (χ1n) is 6.76. The molecule has 0 saturated carbocycles. The minimum Gasteiger partial charge on any atom is -0.492 e. The maximum Gasteiger partial charge on any atom is 0.335 e. The van der Waals surface area contributed by atoms with Crippen LogP contribution in [0.1, 0.15) is 30.1 Å². The summed E-state index contributed by atoms with van der Waals surface area (Å²) in [6.45, 7) is 2.21. The van der Waals surface area contributed by atoms with Gasteiger partial charge in [-0.2, -0.15) is 0 Å². The van der Waals surface area contributed by atoms with Crippen molar-refractivity contribution in [3.05, 3.63) is 29.8 Å². The largest absolute Gasteiger partial charge is 0.492 e. The van der Waals surface area contributed by atoms with Crippen LogP contribution in [0.5, 0.6) is 5.75 Å². The zero-order valence-electron chi connectivity index (χ0n) is 11.7. The number of benzene rings is 1. The third-order valence-corrected chi connectivity index (χ3v) is 3.31. The fourth-order valence-electron chi connectivity index (χ4n) is 2.25. The fourth-order valence-corrected chi connectivity index (χ4v) is 2.25. The second-order valence-electron chi connectivity index (χ2n) is 5.13. The van der Waals surface area contributed by atoms with Gasteiger partial charge in [-0.15, -0.1) is 0 Å². The van der Waals surface area contributed by atoms with Gasteiger partial charge in [-0.1, -0.05) is 13.0 Å². The highest BCUT2D eigenvalue weighted by Gasteiger charge is 2.29. The summed E-state index contributed by atoms with van der Waals surface area (Å²) in [4.78, 5) is 35.6. The summed E-state index contributed by atoms with van der Waals surface area (Å²) in [5.41, 5.74) is 0.131. The van der Waals surface area contributed by atoms with Crippen molar-refractivity contribution in [2.75, 3.05) is 13.2 Å². The summed E-state index contributed by atoms with van der Waals surface area (Å²) in [6, 6.07) is 6.09. The Morgan fingerprint density at radius 3 is 2.62 bits per heavy atom. The molecule has 112 valence electrons. The predicted octanol–water partition coefficient (Wildman–Crippen LogP) is 1.55. The average molecular weight is 291 g/mol. The van der Waals surface area contributed by atoms with Gasteiger partial charge in [-0.05, 0) is 24.1 Å². The second-order valence-corrected chi connectivity index (χ2v) is 5.13. The summed E-state index contributed by atoms with van der Waals surface area (Å²) in [6.07, 6.45) is 0.750. The van der Waals surface area contributed by atoms with Crippen molar-refractivity contribution in [3.63, 3.8) is 0 Å². The number of nitrogens with zero attached hydrogens (tertiary/aromatic N) is 1. The number of carbonyl (C=O) groups is 3. The topological polar surface area (TPSA) is 83.9 Å². The van der Waals surface area contributed by atoms with E-state index in [0.717, 1.165) is 0 Å². The summed E-state index contributed by atoms with van der Waals surface area (Å²) in [5, 5.41) is 8.88. The molecular formula is C15H17NO5. The lowest BCUT2D eigenvalue weighted by Gasteiger charge is -2.28. The van der Waals surface area contributed by atoms with Crippen LogP contribution in [0.3, 0.4) is 0 Å². The zero-order chi connectivity index (χ0) is 15.4. The van der Waals surface area contributed by atoms with Crippen molar-refractivity contribution in [1.29, 1.82) is 0 Å². The van der Waals surface area contributed by atoms with E-state index in [2.05, 4.69) is 0 Å². The van der Waals surface area contributed by atoms with Gasteiger partial charge < -0.3 is 9.84 Å². The molecule has 1 fully saturated rings. The lowest BCUT2D eigenvalue weighted by molar-refractivity contribution is -0.150. The van der Waals surface area contributed by atoms with E-state index in [4.69, 9.17) is 9.84 Å². The summed E-state index contributed by atoms with van der Waals surface area (Å²) < 4.78 is 5.41. The maximum atomic E-state index is 11.8. The number of aromatic carboxylic acids is 1. The van der Waals surface area contributed by atoms with E-state index in [1.165, 1.54) is 17.0 Å². The number of rotatable bonds is 5. The first-order valence-corrected chi connectivity index (χ1v) is 6.76. The van der Waals surface area contributed by atoms with E-state index in [9.17, 15) is 14.4 Å². The number of hydrogen-bond donors (Lipinski definition) is 1. The summed E-state index contributed by atoms with van der Waals surface area (Å²) >= 11 is 0. The van der Waals surface area contributed by atoms with Crippen LogP contribution in [0.2, 0.25) is 0 Å². The third kappa shape index (κ3) is 3.81. The zero-order valence-corrected chi connectivity index (χ0v) is 11.7. The lowest BCUT2D eigenvalue weighted by atomic mass is 9.98. The minimum atomic E-state index is -1.03. The summed E-state index contributed by atoms with van der Waals surface area (Å²) in [7, 11) is 0. The van der Waals surface area contributed by atoms with E-state index >= 15 is 0 Å². The maximum absolute atomic E-state index is 11.8. The number of amides is 2. The molecule has 0 unspecified atom stereocenters. The summed E-state index contributed by atoms with van der Waals surface area (Å²) in [5.74, 6) is -0.895. The predicted molar refractivity (Wildman–Crippen MR) is 74.0 cm³/mol. The molecule has 1 aromatic carbocycles. The van der Waals surface area contributed by atoms with Gasteiger partial charge in [0.1, 0.15) is 12.4 Å². The number of piperidine rings is 1. The molecule has 1 aliphatic heterocycles. The number of ether oxygens (including phenoxy) is 1. The van der Waals surface area contributed by atoms with Crippen molar-refractivity contribution < 1.29 is 24.2 Å². The van der Waals surface area contributed by atoms with E-state index in [1.807, 2.05) is 6.92 Å². The number of carboxylic acids is 1. The molecule has 0 radical (unpaired) electrons. The molecule has 1 saturated heterocycles. The molecule has 2 rings (SSSR count). The van der Waals surface area contributed by atoms with E-state index in [1.54, 1.807) is 12.1 Å². The molecule has 1 heterocycles. The lowest BCUT2D eigenvalue weighted by Crippen LogP contribution is -2.44. The molecule has 0 aliphatic carbocycles. The van der Waals surface area contributed by atoms with Crippen LogP contribution in [-0.4, -0.2) is 40.9 Å². The van der Waals surface area contributed by atoms with Gasteiger partial charge in [0.15, 0.2) is 0 Å². The third-order valence-electron chi connectivity index (χ3n) is 3.31. The number of imide groups is 1. The standard InChI is InChI=1S/C15H17NO5/c1-10-7-13(17)16(14(18)8-10)5-6-21-12-4-2-3-11(9-12)15(19)20/h2-4,9-10H,5-8H2,1H3,(H,19,20). The first kappa shape index (κ1) is 15.0. The van der Waals surface area contributed by atoms with Crippen LogP contribution in [0.15, 0.2) is 24.3 Å². The van der Waals surface area contributed by atoms with E-state index in [-0.39, 0.29) is 36.4 Å². The molecule has 0 aromatic heterocycles. The molecule has 1 aliphatic rings. The molecule has 21 heavy (non-hydrogen) atoms. The Morgan fingerprint density at radius 1 is 1.33 bits per heavy atom. The average Bonchev–Trinajstić information content (AvgIpc) is 2.42. The Bertz CT molecular complexity index is 551. The van der Waals surface area contributed by atoms with Gasteiger partial charge in [0.2, 0.25) is 11.8 Å². The number of carbonyl (C=O) groups excluding carboxylic acids is 2. The van der Waals surface area contributed by atoms with E-state index < -0.39 is 5.97 Å². The van der Waals surface area contributed by atoms with Gasteiger partial charge in [-0.3, -0.25) is 14.5 Å². The Hall–Kier alpha value is -2.37. The Morgan fingerprint density at radius 2 is 2.00 bits per heavy atom. The van der Waals surface area contributed by atoms with Crippen molar-refractivity contribution in [1.82, 2.24) is 4.90 Å². The number of hydrogen-bond acceptors (Lipinski definition) is 4. The van der Waals surface area contributed by atoms with Crippen LogP contribution in [0.25, 0.3) is 0 Å². The highest BCUT2D eigenvalue weighted by atomic mass is 16.5. The molecule has 6 heteroatoms. The van der Waals surface area contributed by atoms with Crippen molar-refractivity contribution in [2.24, 2.45) is 5.92 Å². The van der Waals surface area contributed by atoms with Gasteiger partial charge in [-0.25, -0.2) is 4.79 Å². The fraction of sp³-hybridized carbons (Fsp3) is 0.400. The second kappa shape index (κ2) is 6.39. The van der Waals surface area contributed by atoms with Gasteiger partial charge in [0.25, 0.3) is 0 Å². The van der Waals surface area contributed by atoms with Crippen molar-refractivity contribution in [3.8, 4) is 5.75 Å². The molecule has 0 atom stereocenters. The minimum absolute atomic E-state index is 0.0921. The monoisotopic (exact) mass is 291 g/mol. The quantitative estimate of drug-likeness (QED) is 0.832. The first-order chi connectivity index (χ1) is 9.97. The SMILES string of the molecule is CC1CC(=O)N(CCOc2cccc(C(=O)O)c2)C(=O)C1. The highest BCUT2D eigenvalue weighted by Crippen LogP contribution is 2.19. The van der Waals surface area contributed by atoms with Crippen LogP contribution >= 0.6 is 0 Å². The Kier molecular flexibility index (Phi) is 4.57. The molecule has 1 N–H and O–H groups in total. The molecular weight excluding hydrogens is 274 g/mol. The van der Waals surface area contributed by atoms with Crippen LogP contribution in [-0.2, 0) is 9.59 Å². The molecule has 0 bridgehead atoms. The highest BCUT2D eigenvalue weighted by molar-refractivity contribution is 5.97. The molecule has 1 aromatic rings. The van der Waals surface area contributed by atoms with Crippen LogP contribution in [0.4, 0.5) is 0 Å². The van der Waals surface area contributed by atoms with Gasteiger partial charge >= 0.3 is 5.97 Å². The number of carboxylic acid groups (broad SMARTS) is 1. The molecule has 0 spiro atoms. The van der Waals surface area contributed by atoms with Gasteiger partial charge in [0, 0.05) is 12.8 Å². The van der Waals surface area contributed by atoms with Crippen LogP contribution in [0, 0.1) is 5.92 Å². The van der Waals surface area contributed by atoms with Crippen molar-refractivity contribution >= 4 is 17.8 Å². The Balaban J connectivity index is 1.89. The van der Waals surface area contributed by atoms with Crippen LogP contribution < -0.4 is 4.74 Å².